The average Bonchev–Trinajstić information content (AvgIpc) is 2.38. The molecule has 0 aromatic carbocycles. The van der Waals surface area contributed by atoms with Crippen LogP contribution in [0.15, 0.2) is 12.2 Å². The molecule has 0 fully saturated rings. The highest BCUT2D eigenvalue weighted by Crippen LogP contribution is 2.25. The smallest absolute Gasteiger partial charge is 0.253 e. The highest BCUT2D eigenvalue weighted by molar-refractivity contribution is 7.99. The Labute approximate surface area is 88.5 Å². The third-order valence-corrected chi connectivity index (χ3v) is 3.26. The van der Waals surface area contributed by atoms with Gasteiger partial charge in [-0.25, -0.2) is 0 Å². The van der Waals surface area contributed by atoms with Gasteiger partial charge in [0.15, 0.2) is 0 Å². The van der Waals surface area contributed by atoms with Gasteiger partial charge < -0.3 is 0 Å². The van der Waals surface area contributed by atoms with Gasteiger partial charge in [-0.2, -0.15) is 11.8 Å². The molecule has 0 radical (unpaired) electrons. The fraction of sp³-hybridized carbons (Fsp3) is 0.600. The van der Waals surface area contributed by atoms with Crippen molar-refractivity contribution in [2.45, 2.75) is 31.6 Å². The molecule has 1 heterocycles. The summed E-state index contributed by atoms with van der Waals surface area (Å²) >= 11 is 1.45. The molecule has 14 heavy (non-hydrogen) atoms. The molecule has 78 valence electrons. The number of amides is 2. The van der Waals surface area contributed by atoms with Gasteiger partial charge >= 0.3 is 0 Å². The van der Waals surface area contributed by atoms with Gasteiger partial charge in [0, 0.05) is 6.08 Å². The lowest BCUT2D eigenvalue weighted by Gasteiger charge is -2.30. The maximum absolute atomic E-state index is 11.8. The van der Waals surface area contributed by atoms with Crippen LogP contribution < -0.4 is 0 Å². The van der Waals surface area contributed by atoms with E-state index in [-0.39, 0.29) is 17.1 Å². The minimum absolute atomic E-state index is 0.113. The van der Waals surface area contributed by atoms with Crippen molar-refractivity contribution >= 4 is 23.6 Å². The topological polar surface area (TPSA) is 37.4 Å². The quantitative estimate of drug-likeness (QED) is 0.696. The molecular weight excluding hydrogens is 198 g/mol. The number of carbonyl (C=O) groups is 2. The third kappa shape index (κ3) is 1.85. The minimum atomic E-state index is -0.474. The fourth-order valence-corrected chi connectivity index (χ4v) is 1.69. The minimum Gasteiger partial charge on any atom is -0.273 e. The van der Waals surface area contributed by atoms with Crippen LogP contribution >= 0.6 is 11.8 Å². The molecule has 3 nitrogen and oxygen atoms in total. The largest absolute Gasteiger partial charge is 0.273 e. The first kappa shape index (κ1) is 11.3. The van der Waals surface area contributed by atoms with Crippen molar-refractivity contribution in [3.8, 4) is 0 Å². The number of nitrogens with zero attached hydrogens (tertiary/aromatic N) is 1. The van der Waals surface area contributed by atoms with Crippen molar-refractivity contribution < 1.29 is 9.59 Å². The van der Waals surface area contributed by atoms with Gasteiger partial charge in [-0.05, 0) is 27.0 Å². The molecule has 1 aliphatic heterocycles. The van der Waals surface area contributed by atoms with Gasteiger partial charge in [-0.3, -0.25) is 14.5 Å². The lowest BCUT2D eigenvalue weighted by Crippen LogP contribution is -2.48. The summed E-state index contributed by atoms with van der Waals surface area (Å²) in [5.41, 5.74) is -0.474. The van der Waals surface area contributed by atoms with Crippen LogP contribution in [0.5, 0.6) is 0 Å². The molecule has 1 atom stereocenters. The maximum Gasteiger partial charge on any atom is 0.253 e. The zero-order chi connectivity index (χ0) is 10.9. The number of hydrogen-bond donors (Lipinski definition) is 0. The molecular formula is C10H15NO2S. The van der Waals surface area contributed by atoms with Crippen LogP contribution in [0.3, 0.4) is 0 Å². The average molecular weight is 213 g/mol. The molecule has 1 aliphatic rings. The van der Waals surface area contributed by atoms with Crippen LogP contribution in [0.25, 0.3) is 0 Å². The molecule has 4 heteroatoms. The second-order valence-corrected chi connectivity index (χ2v) is 5.06. The summed E-state index contributed by atoms with van der Waals surface area (Å²) in [6.07, 6.45) is 5.09. The molecule has 0 saturated heterocycles. The van der Waals surface area contributed by atoms with Crippen molar-refractivity contribution in [3.63, 3.8) is 0 Å². The maximum atomic E-state index is 11.8. The van der Waals surface area contributed by atoms with Crippen LogP contribution in [0.1, 0.15) is 20.8 Å². The zero-order valence-corrected chi connectivity index (χ0v) is 9.72. The Morgan fingerprint density at radius 1 is 1.57 bits per heavy atom. The molecule has 2 amide bonds. The number of rotatable bonds is 2. The van der Waals surface area contributed by atoms with Crippen molar-refractivity contribution in [1.82, 2.24) is 4.90 Å². The summed E-state index contributed by atoms with van der Waals surface area (Å²) in [5.74, 6) is -0.321. The first-order valence-electron chi connectivity index (χ1n) is 4.50. The second kappa shape index (κ2) is 3.77. The number of carbonyl (C=O) groups excluding carboxylic acids is 2. The summed E-state index contributed by atoms with van der Waals surface area (Å²) in [6, 6.07) is 0. The molecule has 0 aromatic heterocycles. The van der Waals surface area contributed by atoms with E-state index in [9.17, 15) is 9.59 Å². The predicted octanol–water partition coefficient (Wildman–Crippen LogP) is 1.44. The lowest BCUT2D eigenvalue weighted by atomic mass is 10.1. The van der Waals surface area contributed by atoms with E-state index in [1.54, 1.807) is 6.08 Å². The highest BCUT2D eigenvalue weighted by atomic mass is 32.2. The first-order valence-corrected chi connectivity index (χ1v) is 5.79. The Hall–Kier alpha value is -0.770. The molecule has 1 rings (SSSR count). The van der Waals surface area contributed by atoms with Gasteiger partial charge in [-0.1, -0.05) is 6.08 Å². The Morgan fingerprint density at radius 2 is 2.14 bits per heavy atom. The molecule has 0 N–H and O–H groups in total. The Morgan fingerprint density at radius 3 is 2.50 bits per heavy atom. The van der Waals surface area contributed by atoms with Crippen LogP contribution in [0, 0.1) is 0 Å². The second-order valence-electron chi connectivity index (χ2n) is 3.88. The van der Waals surface area contributed by atoms with Crippen molar-refractivity contribution in [3.05, 3.63) is 12.2 Å². The highest BCUT2D eigenvalue weighted by Gasteiger charge is 2.39. The van der Waals surface area contributed by atoms with E-state index < -0.39 is 5.54 Å². The van der Waals surface area contributed by atoms with Crippen molar-refractivity contribution in [1.29, 1.82) is 0 Å². The number of imide groups is 1. The number of thioether (sulfide) groups is 1. The third-order valence-electron chi connectivity index (χ3n) is 2.35. The van der Waals surface area contributed by atoms with Gasteiger partial charge in [0.25, 0.3) is 5.91 Å². The molecule has 0 aliphatic carbocycles. The lowest BCUT2D eigenvalue weighted by molar-refractivity contribution is -0.144. The Bertz CT molecular complexity index is 296. The van der Waals surface area contributed by atoms with E-state index in [1.165, 1.54) is 22.7 Å². The SMILES string of the molecule is CSC(C)C(=O)N1C(=O)C=CC1(C)C. The summed E-state index contributed by atoms with van der Waals surface area (Å²) in [4.78, 5) is 24.6. The van der Waals surface area contributed by atoms with E-state index in [2.05, 4.69) is 0 Å². The summed E-state index contributed by atoms with van der Waals surface area (Å²) in [6.45, 7) is 5.54. The predicted molar refractivity (Wildman–Crippen MR) is 58.0 cm³/mol. The van der Waals surface area contributed by atoms with Crippen LogP contribution in [-0.4, -0.2) is 33.8 Å². The van der Waals surface area contributed by atoms with Gasteiger partial charge in [0.2, 0.25) is 5.91 Å². The van der Waals surface area contributed by atoms with Crippen LogP contribution in [-0.2, 0) is 9.59 Å². The molecule has 0 spiro atoms. The molecule has 0 saturated carbocycles. The van der Waals surface area contributed by atoms with Gasteiger partial charge in [0.1, 0.15) is 0 Å². The Balaban J connectivity index is 2.88. The standard InChI is InChI=1S/C10H15NO2S/c1-7(14-4)9(13)11-8(12)5-6-10(11,2)3/h5-7H,1-4H3. The fourth-order valence-electron chi connectivity index (χ4n) is 1.38. The van der Waals surface area contributed by atoms with Crippen molar-refractivity contribution in [2.75, 3.05) is 6.26 Å². The normalized spacial score (nSPS) is 21.4. The van der Waals surface area contributed by atoms with E-state index in [0.29, 0.717) is 0 Å². The van der Waals surface area contributed by atoms with Crippen molar-refractivity contribution in [2.24, 2.45) is 0 Å². The van der Waals surface area contributed by atoms with Crippen LogP contribution in [0.4, 0.5) is 0 Å². The van der Waals surface area contributed by atoms with Gasteiger partial charge in [-0.15, -0.1) is 0 Å². The molecule has 0 aromatic rings. The van der Waals surface area contributed by atoms with E-state index >= 15 is 0 Å². The number of hydrogen-bond acceptors (Lipinski definition) is 3. The summed E-state index contributed by atoms with van der Waals surface area (Å²) in [5, 5.41) is -0.168. The summed E-state index contributed by atoms with van der Waals surface area (Å²) in [7, 11) is 0. The van der Waals surface area contributed by atoms with Crippen LogP contribution in [0.2, 0.25) is 0 Å². The monoisotopic (exact) mass is 213 g/mol. The van der Waals surface area contributed by atoms with E-state index in [0.717, 1.165) is 0 Å². The summed E-state index contributed by atoms with van der Waals surface area (Å²) < 4.78 is 0. The zero-order valence-electron chi connectivity index (χ0n) is 8.90. The van der Waals surface area contributed by atoms with Gasteiger partial charge in [0.05, 0.1) is 10.8 Å². The molecule has 1 unspecified atom stereocenters. The molecule has 0 bridgehead atoms. The Kier molecular flexibility index (Phi) is 3.04. The van der Waals surface area contributed by atoms with E-state index in [4.69, 9.17) is 0 Å². The van der Waals surface area contributed by atoms with E-state index in [1.807, 2.05) is 27.0 Å². The first-order chi connectivity index (χ1) is 6.40.